The molecule has 20 heavy (non-hydrogen) atoms. The second-order valence-corrected chi connectivity index (χ2v) is 7.14. The summed E-state index contributed by atoms with van der Waals surface area (Å²) in [5.41, 5.74) is 0.608. The minimum Gasteiger partial charge on any atom is -0.356 e. The van der Waals surface area contributed by atoms with Gasteiger partial charge in [-0.25, -0.2) is 0 Å². The Morgan fingerprint density at radius 1 is 1.45 bits per heavy atom. The van der Waals surface area contributed by atoms with E-state index in [1.807, 2.05) is 6.07 Å². The molecular formula is C15H17BrN2OS. The Morgan fingerprint density at radius 2 is 2.25 bits per heavy atom. The van der Waals surface area contributed by atoms with Crippen LogP contribution in [0.3, 0.4) is 0 Å². The van der Waals surface area contributed by atoms with Gasteiger partial charge in [-0.05, 0) is 52.2 Å². The summed E-state index contributed by atoms with van der Waals surface area (Å²) >= 11 is 5.09. The first-order chi connectivity index (χ1) is 9.74. The zero-order chi connectivity index (χ0) is 13.9. The first-order valence-electron chi connectivity index (χ1n) is 6.92. The number of thiophene rings is 1. The number of rotatable bonds is 4. The van der Waals surface area contributed by atoms with Gasteiger partial charge in [-0.1, -0.05) is 18.9 Å². The normalized spacial score (nSPS) is 17.2. The molecule has 1 saturated carbocycles. The molecule has 1 unspecified atom stereocenters. The van der Waals surface area contributed by atoms with Crippen molar-refractivity contribution < 1.29 is 4.79 Å². The summed E-state index contributed by atoms with van der Waals surface area (Å²) in [7, 11) is 0. The summed E-state index contributed by atoms with van der Waals surface area (Å²) in [5, 5.41) is 5.29. The highest BCUT2D eigenvalue weighted by atomic mass is 79.9. The van der Waals surface area contributed by atoms with Crippen LogP contribution < -0.4 is 5.32 Å². The molecule has 0 aliphatic heterocycles. The van der Waals surface area contributed by atoms with E-state index < -0.39 is 0 Å². The third-order valence-electron chi connectivity index (χ3n) is 3.90. The molecule has 3 rings (SSSR count). The van der Waals surface area contributed by atoms with Crippen LogP contribution in [0.25, 0.3) is 0 Å². The number of H-pyrrole nitrogens is 1. The summed E-state index contributed by atoms with van der Waals surface area (Å²) in [6.07, 6.45) is 6.74. The predicted molar refractivity (Wildman–Crippen MR) is 85.0 cm³/mol. The van der Waals surface area contributed by atoms with E-state index in [4.69, 9.17) is 0 Å². The van der Waals surface area contributed by atoms with Crippen molar-refractivity contribution in [1.82, 2.24) is 10.3 Å². The fraction of sp³-hybridized carbons (Fsp3) is 0.400. The predicted octanol–water partition coefficient (Wildman–Crippen LogP) is 4.50. The average Bonchev–Trinajstić information content (AvgIpc) is 3.17. The fourth-order valence-electron chi connectivity index (χ4n) is 2.90. The molecule has 0 saturated heterocycles. The van der Waals surface area contributed by atoms with E-state index in [9.17, 15) is 4.79 Å². The summed E-state index contributed by atoms with van der Waals surface area (Å²) in [5.74, 6) is 0.539. The fourth-order valence-corrected chi connectivity index (χ4v) is 4.11. The largest absolute Gasteiger partial charge is 0.356 e. The number of hydrogen-bond acceptors (Lipinski definition) is 2. The number of carbonyl (C=O) groups is 1. The number of amides is 1. The molecule has 2 aromatic rings. The molecule has 2 heterocycles. The highest BCUT2D eigenvalue weighted by Crippen LogP contribution is 2.37. The molecule has 106 valence electrons. The highest BCUT2D eigenvalue weighted by Gasteiger charge is 2.28. The van der Waals surface area contributed by atoms with E-state index in [1.54, 1.807) is 17.5 Å². The van der Waals surface area contributed by atoms with Gasteiger partial charge in [0.05, 0.1) is 6.04 Å². The maximum Gasteiger partial charge on any atom is 0.268 e. The minimum atomic E-state index is -0.0269. The SMILES string of the molecule is O=C(NC(c1cccs1)C1CCCC1)c1cc(Br)c[nH]1. The molecule has 0 radical (unpaired) electrons. The third kappa shape index (κ3) is 2.99. The van der Waals surface area contributed by atoms with Gasteiger partial charge in [-0.3, -0.25) is 4.79 Å². The van der Waals surface area contributed by atoms with Crippen LogP contribution in [-0.4, -0.2) is 10.9 Å². The van der Waals surface area contributed by atoms with E-state index in [-0.39, 0.29) is 11.9 Å². The summed E-state index contributed by atoms with van der Waals surface area (Å²) < 4.78 is 0.899. The molecule has 2 aromatic heterocycles. The lowest BCUT2D eigenvalue weighted by molar-refractivity contribution is 0.0918. The Labute approximate surface area is 130 Å². The Bertz CT molecular complexity index is 572. The van der Waals surface area contributed by atoms with E-state index in [2.05, 4.69) is 43.7 Å². The topological polar surface area (TPSA) is 44.9 Å². The van der Waals surface area contributed by atoms with Gasteiger partial charge in [0.15, 0.2) is 0 Å². The standard InChI is InChI=1S/C15H17BrN2OS/c16-11-8-12(17-9-11)15(19)18-14(10-4-1-2-5-10)13-6-3-7-20-13/h3,6-10,14,17H,1-2,4-5H2,(H,18,19). The van der Waals surface area contributed by atoms with Crippen LogP contribution in [0.2, 0.25) is 0 Å². The zero-order valence-corrected chi connectivity index (χ0v) is 13.5. The summed E-state index contributed by atoms with van der Waals surface area (Å²) in [6, 6.07) is 6.14. The number of nitrogens with one attached hydrogen (secondary N) is 2. The van der Waals surface area contributed by atoms with E-state index in [1.165, 1.54) is 30.6 Å². The van der Waals surface area contributed by atoms with Crippen LogP contribution >= 0.6 is 27.3 Å². The van der Waals surface area contributed by atoms with Crippen molar-refractivity contribution in [3.05, 3.63) is 44.8 Å². The first kappa shape index (κ1) is 13.9. The lowest BCUT2D eigenvalue weighted by atomic mass is 9.96. The van der Waals surface area contributed by atoms with Crippen LogP contribution in [0.5, 0.6) is 0 Å². The molecule has 1 amide bonds. The Hall–Kier alpha value is -1.07. The second kappa shape index (κ2) is 6.14. The molecule has 1 aliphatic rings. The Morgan fingerprint density at radius 3 is 2.85 bits per heavy atom. The second-order valence-electron chi connectivity index (χ2n) is 5.24. The van der Waals surface area contributed by atoms with Gasteiger partial charge >= 0.3 is 0 Å². The average molecular weight is 353 g/mol. The summed E-state index contributed by atoms with van der Waals surface area (Å²) in [4.78, 5) is 16.6. The van der Waals surface area contributed by atoms with E-state index in [0.717, 1.165) is 4.47 Å². The number of aromatic nitrogens is 1. The maximum atomic E-state index is 12.4. The molecule has 3 nitrogen and oxygen atoms in total. The molecule has 1 aliphatic carbocycles. The number of hydrogen-bond donors (Lipinski definition) is 2. The molecule has 0 aromatic carbocycles. The number of halogens is 1. The van der Waals surface area contributed by atoms with Gasteiger partial charge in [0, 0.05) is 15.5 Å². The van der Waals surface area contributed by atoms with Gasteiger partial charge < -0.3 is 10.3 Å². The highest BCUT2D eigenvalue weighted by molar-refractivity contribution is 9.10. The zero-order valence-electron chi connectivity index (χ0n) is 11.1. The van der Waals surface area contributed by atoms with Crippen molar-refractivity contribution in [2.45, 2.75) is 31.7 Å². The van der Waals surface area contributed by atoms with Crippen molar-refractivity contribution in [3.63, 3.8) is 0 Å². The number of aromatic amines is 1. The number of carbonyl (C=O) groups excluding carboxylic acids is 1. The van der Waals surface area contributed by atoms with Crippen LogP contribution in [0.4, 0.5) is 0 Å². The van der Waals surface area contributed by atoms with Crippen LogP contribution in [0, 0.1) is 5.92 Å². The first-order valence-corrected chi connectivity index (χ1v) is 8.59. The van der Waals surface area contributed by atoms with Crippen molar-refractivity contribution in [1.29, 1.82) is 0 Å². The monoisotopic (exact) mass is 352 g/mol. The molecule has 0 bridgehead atoms. The van der Waals surface area contributed by atoms with Crippen molar-refractivity contribution >= 4 is 33.2 Å². The summed E-state index contributed by atoms with van der Waals surface area (Å²) in [6.45, 7) is 0. The lowest BCUT2D eigenvalue weighted by Gasteiger charge is -2.23. The molecular weight excluding hydrogens is 336 g/mol. The lowest BCUT2D eigenvalue weighted by Crippen LogP contribution is -2.32. The minimum absolute atomic E-state index is 0.0269. The van der Waals surface area contributed by atoms with Crippen molar-refractivity contribution in [3.8, 4) is 0 Å². The van der Waals surface area contributed by atoms with E-state index in [0.29, 0.717) is 11.6 Å². The van der Waals surface area contributed by atoms with Crippen LogP contribution in [-0.2, 0) is 0 Å². The molecule has 1 atom stereocenters. The Balaban J connectivity index is 1.77. The van der Waals surface area contributed by atoms with Gasteiger partial charge in [-0.15, -0.1) is 11.3 Å². The Kier molecular flexibility index (Phi) is 4.27. The van der Waals surface area contributed by atoms with E-state index >= 15 is 0 Å². The van der Waals surface area contributed by atoms with Crippen LogP contribution in [0.15, 0.2) is 34.2 Å². The van der Waals surface area contributed by atoms with Crippen LogP contribution in [0.1, 0.15) is 47.1 Å². The van der Waals surface area contributed by atoms with Gasteiger partial charge in [-0.2, -0.15) is 0 Å². The molecule has 2 N–H and O–H groups in total. The molecule has 5 heteroatoms. The maximum absolute atomic E-state index is 12.4. The molecule has 1 fully saturated rings. The molecule has 0 spiro atoms. The van der Waals surface area contributed by atoms with Crippen molar-refractivity contribution in [2.24, 2.45) is 5.92 Å². The van der Waals surface area contributed by atoms with Crippen molar-refractivity contribution in [2.75, 3.05) is 0 Å². The quantitative estimate of drug-likeness (QED) is 0.835. The van der Waals surface area contributed by atoms with Gasteiger partial charge in [0.25, 0.3) is 5.91 Å². The third-order valence-corrected chi connectivity index (χ3v) is 5.31. The smallest absolute Gasteiger partial charge is 0.268 e. The van der Waals surface area contributed by atoms with Gasteiger partial charge in [0.2, 0.25) is 0 Å². The van der Waals surface area contributed by atoms with Gasteiger partial charge in [0.1, 0.15) is 5.69 Å².